The SMILES string of the molecule is C=CC(=O)OCCCCCC(=O)OCC1CC2CC1C1C=CCC21. The Morgan fingerprint density at radius 3 is 2.83 bits per heavy atom. The van der Waals surface area contributed by atoms with E-state index in [9.17, 15) is 9.59 Å². The monoisotopic (exact) mass is 332 g/mol. The zero-order valence-corrected chi connectivity index (χ0v) is 14.3. The van der Waals surface area contributed by atoms with Crippen LogP contribution < -0.4 is 0 Å². The van der Waals surface area contributed by atoms with Crippen molar-refractivity contribution < 1.29 is 19.1 Å². The van der Waals surface area contributed by atoms with Crippen molar-refractivity contribution in [3.63, 3.8) is 0 Å². The molecule has 24 heavy (non-hydrogen) atoms. The van der Waals surface area contributed by atoms with Crippen LogP contribution in [0.3, 0.4) is 0 Å². The van der Waals surface area contributed by atoms with Gasteiger partial charge in [0.25, 0.3) is 0 Å². The Morgan fingerprint density at radius 1 is 1.12 bits per heavy atom. The molecule has 3 aliphatic rings. The highest BCUT2D eigenvalue weighted by Gasteiger charge is 2.52. The van der Waals surface area contributed by atoms with E-state index in [4.69, 9.17) is 9.47 Å². The van der Waals surface area contributed by atoms with Gasteiger partial charge < -0.3 is 9.47 Å². The minimum absolute atomic E-state index is 0.0839. The summed E-state index contributed by atoms with van der Waals surface area (Å²) >= 11 is 0. The summed E-state index contributed by atoms with van der Waals surface area (Å²) in [6, 6.07) is 0. The van der Waals surface area contributed by atoms with Crippen molar-refractivity contribution in [3.8, 4) is 0 Å². The van der Waals surface area contributed by atoms with Gasteiger partial charge in [0.05, 0.1) is 13.2 Å². The van der Waals surface area contributed by atoms with Crippen molar-refractivity contribution in [1.82, 2.24) is 0 Å². The Balaban J connectivity index is 1.25. The summed E-state index contributed by atoms with van der Waals surface area (Å²) < 4.78 is 10.4. The van der Waals surface area contributed by atoms with Crippen molar-refractivity contribution in [2.24, 2.45) is 29.6 Å². The van der Waals surface area contributed by atoms with Gasteiger partial charge in [-0.3, -0.25) is 4.79 Å². The third-order valence-corrected chi connectivity index (χ3v) is 6.04. The molecule has 0 aromatic heterocycles. The van der Waals surface area contributed by atoms with Gasteiger partial charge >= 0.3 is 11.9 Å². The summed E-state index contributed by atoms with van der Waals surface area (Å²) in [5, 5.41) is 0. The molecule has 5 atom stereocenters. The number of unbranched alkanes of at least 4 members (excludes halogenated alkanes) is 2. The maximum Gasteiger partial charge on any atom is 0.330 e. The Morgan fingerprint density at radius 2 is 2.00 bits per heavy atom. The highest BCUT2D eigenvalue weighted by atomic mass is 16.5. The molecule has 0 aliphatic heterocycles. The van der Waals surface area contributed by atoms with Crippen LogP contribution in [0.5, 0.6) is 0 Å². The summed E-state index contributed by atoms with van der Waals surface area (Å²) in [6.45, 7) is 4.34. The molecule has 0 aromatic carbocycles. The summed E-state index contributed by atoms with van der Waals surface area (Å²) in [4.78, 5) is 22.8. The van der Waals surface area contributed by atoms with Gasteiger partial charge in [-0.2, -0.15) is 0 Å². The average Bonchev–Trinajstić information content (AvgIpc) is 3.28. The van der Waals surface area contributed by atoms with Crippen LogP contribution in [0.25, 0.3) is 0 Å². The third kappa shape index (κ3) is 3.90. The summed E-state index contributed by atoms with van der Waals surface area (Å²) in [5.74, 6) is 3.34. The van der Waals surface area contributed by atoms with E-state index in [1.165, 1.54) is 19.3 Å². The van der Waals surface area contributed by atoms with E-state index in [2.05, 4.69) is 18.7 Å². The standard InChI is InChI=1S/C20H28O4/c1-2-19(21)23-10-5-3-4-9-20(22)24-13-15-11-14-12-18(15)17-8-6-7-16(14)17/h2,6,8,14-18H,1,3-5,7,9-13H2. The number of allylic oxidation sites excluding steroid dienone is 2. The molecule has 5 unspecified atom stereocenters. The van der Waals surface area contributed by atoms with Gasteiger partial charge in [0.1, 0.15) is 0 Å². The Hall–Kier alpha value is -1.58. The van der Waals surface area contributed by atoms with Crippen molar-refractivity contribution in [2.45, 2.75) is 44.9 Å². The fourth-order valence-corrected chi connectivity index (χ4v) is 4.93. The molecule has 4 nitrogen and oxygen atoms in total. The molecule has 2 saturated carbocycles. The predicted molar refractivity (Wildman–Crippen MR) is 91.0 cm³/mol. The Kier molecular flexibility index (Phi) is 5.75. The van der Waals surface area contributed by atoms with Gasteiger partial charge in [0.2, 0.25) is 0 Å². The fraction of sp³-hybridized carbons (Fsp3) is 0.700. The van der Waals surface area contributed by atoms with Crippen LogP contribution in [0, 0.1) is 29.6 Å². The lowest BCUT2D eigenvalue weighted by atomic mass is 9.76. The molecule has 0 spiro atoms. The molecular weight excluding hydrogens is 304 g/mol. The lowest BCUT2D eigenvalue weighted by molar-refractivity contribution is -0.146. The van der Waals surface area contributed by atoms with Crippen molar-refractivity contribution in [3.05, 3.63) is 24.8 Å². The molecule has 4 heteroatoms. The molecule has 3 rings (SSSR count). The highest BCUT2D eigenvalue weighted by Crippen LogP contribution is 2.58. The molecule has 2 fully saturated rings. The second-order valence-corrected chi connectivity index (χ2v) is 7.43. The Labute approximate surface area is 144 Å². The fourth-order valence-electron chi connectivity index (χ4n) is 4.93. The normalized spacial score (nSPS) is 32.6. The van der Waals surface area contributed by atoms with Crippen molar-refractivity contribution in [1.29, 1.82) is 0 Å². The maximum atomic E-state index is 11.9. The molecular formula is C20H28O4. The van der Waals surface area contributed by atoms with E-state index < -0.39 is 0 Å². The summed E-state index contributed by atoms with van der Waals surface area (Å²) in [7, 11) is 0. The van der Waals surface area contributed by atoms with Crippen LogP contribution in [-0.2, 0) is 19.1 Å². The minimum atomic E-state index is -0.389. The number of hydrogen-bond donors (Lipinski definition) is 0. The van der Waals surface area contributed by atoms with E-state index in [0.717, 1.165) is 49.0 Å². The van der Waals surface area contributed by atoms with E-state index in [1.54, 1.807) is 0 Å². The van der Waals surface area contributed by atoms with Crippen LogP contribution in [0.4, 0.5) is 0 Å². The predicted octanol–water partition coefficient (Wildman–Crippen LogP) is 3.67. The van der Waals surface area contributed by atoms with Gasteiger partial charge in [-0.25, -0.2) is 4.79 Å². The number of esters is 2. The van der Waals surface area contributed by atoms with Gasteiger partial charge in [-0.1, -0.05) is 18.7 Å². The number of ether oxygens (including phenoxy) is 2. The lowest BCUT2D eigenvalue weighted by Gasteiger charge is -2.30. The third-order valence-electron chi connectivity index (χ3n) is 6.04. The molecule has 0 radical (unpaired) electrons. The van der Waals surface area contributed by atoms with Crippen molar-refractivity contribution >= 4 is 11.9 Å². The summed E-state index contributed by atoms with van der Waals surface area (Å²) in [6.07, 6.45) is 12.6. The number of hydrogen-bond acceptors (Lipinski definition) is 4. The zero-order valence-electron chi connectivity index (χ0n) is 14.3. The van der Waals surface area contributed by atoms with Crippen molar-refractivity contribution in [2.75, 3.05) is 13.2 Å². The van der Waals surface area contributed by atoms with E-state index >= 15 is 0 Å². The largest absolute Gasteiger partial charge is 0.465 e. The molecule has 0 heterocycles. The molecule has 0 saturated heterocycles. The minimum Gasteiger partial charge on any atom is -0.465 e. The maximum absolute atomic E-state index is 11.9. The molecule has 3 aliphatic carbocycles. The first-order valence-corrected chi connectivity index (χ1v) is 9.30. The lowest BCUT2D eigenvalue weighted by Crippen LogP contribution is -2.28. The zero-order chi connectivity index (χ0) is 16.9. The van der Waals surface area contributed by atoms with Crippen LogP contribution in [0.2, 0.25) is 0 Å². The number of carbonyl (C=O) groups excluding carboxylic acids is 2. The average molecular weight is 332 g/mol. The van der Waals surface area contributed by atoms with E-state index in [-0.39, 0.29) is 11.9 Å². The van der Waals surface area contributed by atoms with Crippen LogP contribution in [-0.4, -0.2) is 25.2 Å². The number of carbonyl (C=O) groups is 2. The first kappa shape index (κ1) is 17.2. The number of rotatable bonds is 9. The highest BCUT2D eigenvalue weighted by molar-refractivity contribution is 5.81. The second-order valence-electron chi connectivity index (χ2n) is 7.43. The van der Waals surface area contributed by atoms with Gasteiger partial charge in [-0.05, 0) is 68.1 Å². The van der Waals surface area contributed by atoms with Crippen LogP contribution in [0.1, 0.15) is 44.9 Å². The molecule has 2 bridgehead atoms. The molecule has 0 aromatic rings. The topological polar surface area (TPSA) is 52.6 Å². The molecule has 132 valence electrons. The first-order chi connectivity index (χ1) is 11.7. The summed E-state index contributed by atoms with van der Waals surface area (Å²) in [5.41, 5.74) is 0. The van der Waals surface area contributed by atoms with Gasteiger partial charge in [0, 0.05) is 12.5 Å². The van der Waals surface area contributed by atoms with E-state index in [1.807, 2.05) is 0 Å². The Bertz CT molecular complexity index is 510. The van der Waals surface area contributed by atoms with E-state index in [0.29, 0.717) is 25.6 Å². The smallest absolute Gasteiger partial charge is 0.330 e. The first-order valence-electron chi connectivity index (χ1n) is 9.30. The molecule has 0 amide bonds. The molecule has 0 N–H and O–H groups in total. The quantitative estimate of drug-likeness (QED) is 0.280. The van der Waals surface area contributed by atoms with Crippen LogP contribution >= 0.6 is 0 Å². The van der Waals surface area contributed by atoms with Gasteiger partial charge in [0.15, 0.2) is 0 Å². The van der Waals surface area contributed by atoms with Crippen LogP contribution in [0.15, 0.2) is 24.8 Å². The second kappa shape index (κ2) is 8.00. The van der Waals surface area contributed by atoms with Gasteiger partial charge in [-0.15, -0.1) is 0 Å². The number of fused-ring (bicyclic) bond motifs is 5.